The number of benzene rings is 1. The minimum Gasteiger partial charge on any atom is -0.479 e. The molecule has 1 aliphatic rings. The summed E-state index contributed by atoms with van der Waals surface area (Å²) in [6, 6.07) is 9.96. The van der Waals surface area contributed by atoms with E-state index in [1.165, 1.54) is 5.56 Å². The molecule has 2 rings (SSSR count). The van der Waals surface area contributed by atoms with Crippen molar-refractivity contribution in [2.75, 3.05) is 6.61 Å². The van der Waals surface area contributed by atoms with E-state index < -0.39 is 11.6 Å². The summed E-state index contributed by atoms with van der Waals surface area (Å²) in [7, 11) is 0. The summed E-state index contributed by atoms with van der Waals surface area (Å²) in [5.74, 6) is -0.706. The monoisotopic (exact) mass is 220 g/mol. The predicted molar refractivity (Wildman–Crippen MR) is 60.2 cm³/mol. The Hall–Kier alpha value is -1.35. The smallest absolute Gasteiger partial charge is 0.336 e. The first kappa shape index (κ1) is 11.1. The zero-order valence-corrected chi connectivity index (χ0v) is 9.35. The molecule has 0 amide bonds. The molecule has 2 unspecified atom stereocenters. The fraction of sp³-hybridized carbons (Fsp3) is 0.462. The van der Waals surface area contributed by atoms with Gasteiger partial charge in [-0.05, 0) is 25.3 Å². The van der Waals surface area contributed by atoms with Crippen molar-refractivity contribution in [1.82, 2.24) is 0 Å². The molecule has 1 N–H and O–H groups in total. The van der Waals surface area contributed by atoms with Gasteiger partial charge < -0.3 is 9.84 Å². The fourth-order valence-corrected chi connectivity index (χ4v) is 2.20. The van der Waals surface area contributed by atoms with Crippen molar-refractivity contribution in [2.24, 2.45) is 5.92 Å². The van der Waals surface area contributed by atoms with E-state index in [4.69, 9.17) is 9.84 Å². The fourth-order valence-electron chi connectivity index (χ4n) is 2.20. The van der Waals surface area contributed by atoms with Gasteiger partial charge in [-0.25, -0.2) is 4.79 Å². The van der Waals surface area contributed by atoms with Crippen LogP contribution in [0.5, 0.6) is 0 Å². The van der Waals surface area contributed by atoms with Crippen LogP contribution in [0, 0.1) is 5.92 Å². The van der Waals surface area contributed by atoms with Gasteiger partial charge in [0.1, 0.15) is 0 Å². The third-order valence-corrected chi connectivity index (χ3v) is 3.14. The second-order valence-electron chi connectivity index (χ2n) is 4.22. The molecule has 1 aliphatic carbocycles. The van der Waals surface area contributed by atoms with Crippen LogP contribution in [0.15, 0.2) is 30.3 Å². The number of ether oxygens (including phenoxy) is 1. The number of hydrogen-bond donors (Lipinski definition) is 1. The zero-order valence-electron chi connectivity index (χ0n) is 9.35. The van der Waals surface area contributed by atoms with Gasteiger partial charge in [-0.15, -0.1) is 0 Å². The van der Waals surface area contributed by atoms with Crippen LogP contribution in [0.3, 0.4) is 0 Å². The van der Waals surface area contributed by atoms with Gasteiger partial charge in [0.2, 0.25) is 0 Å². The lowest BCUT2D eigenvalue weighted by atomic mass is 10.1. The Labute approximate surface area is 95.0 Å². The van der Waals surface area contributed by atoms with Gasteiger partial charge in [0.05, 0.1) is 0 Å². The van der Waals surface area contributed by atoms with E-state index in [1.807, 2.05) is 37.3 Å². The van der Waals surface area contributed by atoms with E-state index in [1.54, 1.807) is 0 Å². The largest absolute Gasteiger partial charge is 0.479 e. The zero-order chi connectivity index (χ0) is 11.6. The summed E-state index contributed by atoms with van der Waals surface area (Å²) < 4.78 is 5.39. The lowest BCUT2D eigenvalue weighted by Gasteiger charge is -2.12. The summed E-state index contributed by atoms with van der Waals surface area (Å²) >= 11 is 0. The van der Waals surface area contributed by atoms with Gasteiger partial charge in [0.15, 0.2) is 5.60 Å². The second-order valence-corrected chi connectivity index (χ2v) is 4.22. The Morgan fingerprint density at radius 1 is 1.50 bits per heavy atom. The van der Waals surface area contributed by atoms with E-state index >= 15 is 0 Å². The van der Waals surface area contributed by atoms with Crippen molar-refractivity contribution >= 4 is 5.97 Å². The van der Waals surface area contributed by atoms with Crippen molar-refractivity contribution in [1.29, 1.82) is 0 Å². The van der Waals surface area contributed by atoms with Crippen LogP contribution >= 0.6 is 0 Å². The predicted octanol–water partition coefficient (Wildman–Crippen LogP) is 2.11. The highest BCUT2D eigenvalue weighted by Gasteiger charge is 2.61. The highest BCUT2D eigenvalue weighted by atomic mass is 16.5. The van der Waals surface area contributed by atoms with Crippen molar-refractivity contribution in [2.45, 2.75) is 25.4 Å². The van der Waals surface area contributed by atoms with Crippen LogP contribution < -0.4 is 0 Å². The summed E-state index contributed by atoms with van der Waals surface area (Å²) in [5, 5.41) is 9.16. The third-order valence-electron chi connectivity index (χ3n) is 3.14. The van der Waals surface area contributed by atoms with E-state index in [0.717, 1.165) is 6.42 Å². The Kier molecular flexibility index (Phi) is 2.97. The van der Waals surface area contributed by atoms with Crippen LogP contribution in [-0.2, 0) is 16.0 Å². The number of carboxylic acids is 1. The van der Waals surface area contributed by atoms with Gasteiger partial charge >= 0.3 is 5.97 Å². The maximum Gasteiger partial charge on any atom is 0.336 e. The van der Waals surface area contributed by atoms with Crippen molar-refractivity contribution in [3.05, 3.63) is 35.9 Å². The molecule has 1 aromatic rings. The van der Waals surface area contributed by atoms with Crippen LogP contribution in [0.2, 0.25) is 0 Å². The molecule has 3 heteroatoms. The van der Waals surface area contributed by atoms with Crippen LogP contribution in [0.4, 0.5) is 0 Å². The van der Waals surface area contributed by atoms with E-state index in [0.29, 0.717) is 13.0 Å². The average molecular weight is 220 g/mol. The summed E-state index contributed by atoms with van der Waals surface area (Å²) in [5.41, 5.74) is 0.264. The Morgan fingerprint density at radius 2 is 2.19 bits per heavy atom. The molecule has 1 fully saturated rings. The van der Waals surface area contributed by atoms with Gasteiger partial charge in [-0.3, -0.25) is 0 Å². The Balaban J connectivity index is 2.02. The summed E-state index contributed by atoms with van der Waals surface area (Å²) in [4.78, 5) is 11.1. The highest BCUT2D eigenvalue weighted by molar-refractivity contribution is 5.82. The third kappa shape index (κ3) is 1.95. The normalized spacial score (nSPS) is 27.7. The molecule has 86 valence electrons. The van der Waals surface area contributed by atoms with E-state index in [-0.39, 0.29) is 5.92 Å². The molecule has 0 heterocycles. The molecule has 3 nitrogen and oxygen atoms in total. The van der Waals surface area contributed by atoms with Crippen molar-refractivity contribution in [3.63, 3.8) is 0 Å². The average Bonchev–Trinajstić information content (AvgIpc) is 2.95. The molecule has 0 aromatic heterocycles. The molecule has 0 aliphatic heterocycles. The van der Waals surface area contributed by atoms with Crippen molar-refractivity contribution in [3.8, 4) is 0 Å². The van der Waals surface area contributed by atoms with Gasteiger partial charge in [0.25, 0.3) is 0 Å². The minimum absolute atomic E-state index is 0.118. The molecule has 1 aromatic carbocycles. The molecule has 1 saturated carbocycles. The molecule has 0 spiro atoms. The maximum absolute atomic E-state index is 11.1. The number of rotatable bonds is 5. The first-order chi connectivity index (χ1) is 7.69. The second kappa shape index (κ2) is 4.26. The minimum atomic E-state index is -0.912. The molecule has 0 radical (unpaired) electrons. The van der Waals surface area contributed by atoms with Gasteiger partial charge in [0, 0.05) is 12.5 Å². The van der Waals surface area contributed by atoms with Crippen LogP contribution in [-0.4, -0.2) is 23.3 Å². The summed E-state index contributed by atoms with van der Waals surface area (Å²) in [6.07, 6.45) is 1.41. The van der Waals surface area contributed by atoms with E-state index in [2.05, 4.69) is 0 Å². The lowest BCUT2D eigenvalue weighted by molar-refractivity contribution is -0.154. The molecular formula is C13H16O3. The van der Waals surface area contributed by atoms with Crippen LogP contribution in [0.25, 0.3) is 0 Å². The standard InChI is InChI=1S/C13H16O3/c1-2-16-13(12(14)15)9-11(13)8-10-6-4-3-5-7-10/h3-7,11H,2,8-9H2,1H3,(H,14,15). The number of carboxylic acid groups (broad SMARTS) is 1. The summed E-state index contributed by atoms with van der Waals surface area (Å²) in [6.45, 7) is 2.29. The molecule has 2 atom stereocenters. The van der Waals surface area contributed by atoms with E-state index in [9.17, 15) is 4.79 Å². The topological polar surface area (TPSA) is 46.5 Å². The van der Waals surface area contributed by atoms with Gasteiger partial charge in [-0.2, -0.15) is 0 Å². The first-order valence-electron chi connectivity index (χ1n) is 5.60. The number of hydrogen-bond acceptors (Lipinski definition) is 2. The lowest BCUT2D eigenvalue weighted by Crippen LogP contribution is -2.29. The molecule has 16 heavy (non-hydrogen) atoms. The molecule has 0 saturated heterocycles. The number of aliphatic carboxylic acids is 1. The molecule has 0 bridgehead atoms. The van der Waals surface area contributed by atoms with Crippen LogP contribution in [0.1, 0.15) is 18.9 Å². The number of carbonyl (C=O) groups is 1. The molecular weight excluding hydrogens is 204 g/mol. The highest BCUT2D eigenvalue weighted by Crippen LogP contribution is 2.49. The maximum atomic E-state index is 11.1. The quantitative estimate of drug-likeness (QED) is 0.826. The van der Waals surface area contributed by atoms with Crippen molar-refractivity contribution < 1.29 is 14.6 Å². The Morgan fingerprint density at radius 3 is 2.75 bits per heavy atom. The first-order valence-corrected chi connectivity index (χ1v) is 5.60. The Bertz CT molecular complexity index is 374. The van der Waals surface area contributed by atoms with Gasteiger partial charge in [-0.1, -0.05) is 30.3 Å². The SMILES string of the molecule is CCOC1(C(=O)O)CC1Cc1ccccc1.